The summed E-state index contributed by atoms with van der Waals surface area (Å²) in [5.74, 6) is 0.991. The SMILES string of the molecule is C1=COc2ccccc2C1.[Fe].[Ni]. The van der Waals surface area contributed by atoms with E-state index in [2.05, 4.69) is 6.07 Å². The molecule has 0 radical (unpaired) electrons. The van der Waals surface area contributed by atoms with Crippen molar-refractivity contribution in [1.29, 1.82) is 0 Å². The van der Waals surface area contributed by atoms with Crippen molar-refractivity contribution in [2.24, 2.45) is 0 Å². The van der Waals surface area contributed by atoms with Crippen LogP contribution >= 0.6 is 0 Å². The van der Waals surface area contributed by atoms with Gasteiger partial charge in [-0.1, -0.05) is 18.2 Å². The van der Waals surface area contributed by atoms with Crippen LogP contribution in [-0.4, -0.2) is 0 Å². The second-order valence-corrected chi connectivity index (χ2v) is 2.30. The number of ether oxygens (including phenoxy) is 1. The molecule has 68 valence electrons. The standard InChI is InChI=1S/C9H8O.Fe.Ni/c1-2-6-9-8(4-1)5-3-7-10-9;;/h1-4,6-7H,5H2;;. The quantitative estimate of drug-likeness (QED) is 0.638. The third kappa shape index (κ3) is 2.38. The van der Waals surface area contributed by atoms with E-state index in [1.807, 2.05) is 24.3 Å². The van der Waals surface area contributed by atoms with Crippen LogP contribution in [0.4, 0.5) is 0 Å². The predicted octanol–water partition coefficient (Wildman–Crippen LogP) is 2.13. The molecular weight excluding hydrogens is 239 g/mol. The molecule has 1 aliphatic heterocycles. The third-order valence-corrected chi connectivity index (χ3v) is 1.60. The van der Waals surface area contributed by atoms with Crippen molar-refractivity contribution in [3.63, 3.8) is 0 Å². The van der Waals surface area contributed by atoms with E-state index in [4.69, 9.17) is 4.74 Å². The number of fused-ring (bicyclic) bond motifs is 1. The molecule has 0 aliphatic carbocycles. The zero-order valence-corrected chi connectivity index (χ0v) is 8.34. The van der Waals surface area contributed by atoms with Gasteiger partial charge < -0.3 is 4.74 Å². The van der Waals surface area contributed by atoms with Crippen LogP contribution in [0.15, 0.2) is 36.6 Å². The molecule has 0 atom stereocenters. The van der Waals surface area contributed by atoms with Crippen LogP contribution in [0, 0.1) is 0 Å². The maximum absolute atomic E-state index is 5.24. The molecule has 0 saturated carbocycles. The Morgan fingerprint density at radius 2 is 1.92 bits per heavy atom. The number of rotatable bonds is 0. The fraction of sp³-hybridized carbons (Fsp3) is 0.111. The van der Waals surface area contributed by atoms with Crippen LogP contribution < -0.4 is 4.74 Å². The van der Waals surface area contributed by atoms with Gasteiger partial charge in [-0.3, -0.25) is 0 Å². The molecule has 0 N–H and O–H groups in total. The van der Waals surface area contributed by atoms with Crippen LogP contribution in [0.2, 0.25) is 0 Å². The monoisotopic (exact) mass is 246 g/mol. The van der Waals surface area contributed by atoms with Crippen molar-refractivity contribution < 1.29 is 38.3 Å². The average Bonchev–Trinajstić information content (AvgIpc) is 2.05. The van der Waals surface area contributed by atoms with E-state index in [0.717, 1.165) is 12.2 Å². The van der Waals surface area contributed by atoms with Crippen molar-refractivity contribution in [2.75, 3.05) is 0 Å². The van der Waals surface area contributed by atoms with Crippen molar-refractivity contribution in [3.05, 3.63) is 42.2 Å². The molecule has 0 unspecified atom stereocenters. The molecule has 3 heteroatoms. The Kier molecular flexibility index (Phi) is 5.32. The van der Waals surface area contributed by atoms with E-state index in [1.165, 1.54) is 5.56 Å². The Hall–Kier alpha value is -0.227. The van der Waals surface area contributed by atoms with Crippen LogP contribution in [0.5, 0.6) is 5.75 Å². The maximum Gasteiger partial charge on any atom is 0.130 e. The van der Waals surface area contributed by atoms with Gasteiger partial charge in [0.25, 0.3) is 0 Å². The summed E-state index contributed by atoms with van der Waals surface area (Å²) in [6.45, 7) is 0. The summed E-state index contributed by atoms with van der Waals surface area (Å²) in [6, 6.07) is 8.08. The van der Waals surface area contributed by atoms with Gasteiger partial charge in [-0.15, -0.1) is 0 Å². The van der Waals surface area contributed by atoms with Gasteiger partial charge in [-0.25, -0.2) is 0 Å². The van der Waals surface area contributed by atoms with Crippen molar-refractivity contribution in [3.8, 4) is 5.75 Å². The molecule has 0 saturated heterocycles. The first kappa shape index (κ1) is 11.8. The second kappa shape index (κ2) is 5.42. The topological polar surface area (TPSA) is 9.23 Å². The van der Waals surface area contributed by atoms with E-state index in [9.17, 15) is 0 Å². The van der Waals surface area contributed by atoms with E-state index >= 15 is 0 Å². The minimum atomic E-state index is 0. The minimum Gasteiger partial charge on any atom is -0.465 e. The van der Waals surface area contributed by atoms with Gasteiger partial charge in [0, 0.05) is 33.6 Å². The third-order valence-electron chi connectivity index (χ3n) is 1.60. The Morgan fingerprint density at radius 1 is 1.17 bits per heavy atom. The van der Waals surface area contributed by atoms with E-state index in [1.54, 1.807) is 6.26 Å². The molecule has 0 spiro atoms. The van der Waals surface area contributed by atoms with Gasteiger partial charge in [0.15, 0.2) is 0 Å². The Morgan fingerprint density at radius 3 is 2.67 bits per heavy atom. The number of para-hydroxylation sites is 1. The van der Waals surface area contributed by atoms with Crippen LogP contribution in [-0.2, 0) is 40.0 Å². The van der Waals surface area contributed by atoms with E-state index in [0.29, 0.717) is 0 Å². The van der Waals surface area contributed by atoms with Gasteiger partial charge in [-0.05, 0) is 24.1 Å². The van der Waals surface area contributed by atoms with Gasteiger partial charge in [-0.2, -0.15) is 0 Å². The van der Waals surface area contributed by atoms with Crippen molar-refractivity contribution in [1.82, 2.24) is 0 Å². The van der Waals surface area contributed by atoms with E-state index < -0.39 is 0 Å². The zero-order valence-electron chi connectivity index (χ0n) is 6.25. The summed E-state index contributed by atoms with van der Waals surface area (Å²) in [5, 5.41) is 0. The molecular formula is C9H8FeNiO. The Balaban J connectivity index is 0.000000605. The summed E-state index contributed by atoms with van der Waals surface area (Å²) in [7, 11) is 0. The molecule has 1 nitrogen and oxygen atoms in total. The zero-order chi connectivity index (χ0) is 6.81. The molecule has 1 aliphatic rings. The fourth-order valence-electron chi connectivity index (χ4n) is 1.08. The van der Waals surface area contributed by atoms with Gasteiger partial charge in [0.1, 0.15) is 5.75 Å². The summed E-state index contributed by atoms with van der Waals surface area (Å²) in [4.78, 5) is 0. The molecule has 0 aromatic heterocycles. The summed E-state index contributed by atoms with van der Waals surface area (Å²) in [5.41, 5.74) is 1.27. The number of benzene rings is 1. The minimum absolute atomic E-state index is 0. The number of hydrogen-bond acceptors (Lipinski definition) is 1. The van der Waals surface area contributed by atoms with Crippen LogP contribution in [0.3, 0.4) is 0 Å². The summed E-state index contributed by atoms with van der Waals surface area (Å²) in [6.07, 6.45) is 4.75. The van der Waals surface area contributed by atoms with Gasteiger partial charge in [0.2, 0.25) is 0 Å². The van der Waals surface area contributed by atoms with Gasteiger partial charge >= 0.3 is 0 Å². The van der Waals surface area contributed by atoms with Gasteiger partial charge in [0.05, 0.1) is 6.26 Å². The van der Waals surface area contributed by atoms with Crippen LogP contribution in [0.25, 0.3) is 0 Å². The molecule has 0 amide bonds. The van der Waals surface area contributed by atoms with Crippen molar-refractivity contribution in [2.45, 2.75) is 6.42 Å². The van der Waals surface area contributed by atoms with Crippen LogP contribution in [0.1, 0.15) is 5.56 Å². The molecule has 1 aromatic carbocycles. The Bertz CT molecular complexity index is 246. The molecule has 1 heterocycles. The first-order chi connectivity index (χ1) is 4.97. The Labute approximate surface area is 92.6 Å². The molecule has 1 aromatic rings. The summed E-state index contributed by atoms with van der Waals surface area (Å²) < 4.78 is 5.24. The smallest absolute Gasteiger partial charge is 0.130 e. The fourth-order valence-corrected chi connectivity index (χ4v) is 1.08. The molecule has 0 fully saturated rings. The molecule has 12 heavy (non-hydrogen) atoms. The second-order valence-electron chi connectivity index (χ2n) is 2.30. The number of hydrogen-bond donors (Lipinski definition) is 0. The normalized spacial score (nSPS) is 11.7. The summed E-state index contributed by atoms with van der Waals surface area (Å²) >= 11 is 0. The van der Waals surface area contributed by atoms with Crippen molar-refractivity contribution >= 4 is 0 Å². The predicted molar refractivity (Wildman–Crippen MR) is 39.9 cm³/mol. The average molecular weight is 247 g/mol. The maximum atomic E-state index is 5.24. The first-order valence-electron chi connectivity index (χ1n) is 3.36. The number of allylic oxidation sites excluding steroid dienone is 1. The van der Waals surface area contributed by atoms with E-state index in [-0.39, 0.29) is 33.6 Å². The largest absolute Gasteiger partial charge is 0.465 e. The first-order valence-corrected chi connectivity index (χ1v) is 3.36. The molecule has 2 rings (SSSR count). The molecule has 0 bridgehead atoms.